The first-order valence-corrected chi connectivity index (χ1v) is 6.37. The molecule has 0 aliphatic rings. The predicted molar refractivity (Wildman–Crippen MR) is 64.4 cm³/mol. The van der Waals surface area contributed by atoms with Crippen molar-refractivity contribution in [2.24, 2.45) is 0 Å². The highest BCUT2D eigenvalue weighted by atomic mass is 32.1. The standard InChI is InChI=1S/C12H18O3S/c1-3-4-7-11(12(13)14-2)15-9-10-6-5-8-16-10/h5-6,8,11H,3-4,7,9H2,1-2H3. The van der Waals surface area contributed by atoms with E-state index in [2.05, 4.69) is 6.92 Å². The molecule has 0 aliphatic heterocycles. The van der Waals surface area contributed by atoms with Crippen LogP contribution in [-0.2, 0) is 20.9 Å². The van der Waals surface area contributed by atoms with E-state index in [1.807, 2.05) is 17.5 Å². The molecule has 0 spiro atoms. The van der Waals surface area contributed by atoms with Crippen LogP contribution in [0, 0.1) is 0 Å². The molecule has 0 saturated carbocycles. The highest BCUT2D eigenvalue weighted by molar-refractivity contribution is 7.09. The number of esters is 1. The van der Waals surface area contributed by atoms with Crippen molar-refractivity contribution in [2.75, 3.05) is 7.11 Å². The van der Waals surface area contributed by atoms with Crippen LogP contribution in [0.5, 0.6) is 0 Å². The molecule has 90 valence electrons. The van der Waals surface area contributed by atoms with Crippen LogP contribution in [0.1, 0.15) is 31.1 Å². The van der Waals surface area contributed by atoms with Gasteiger partial charge >= 0.3 is 5.97 Å². The lowest BCUT2D eigenvalue weighted by atomic mass is 10.1. The molecule has 1 heterocycles. The van der Waals surface area contributed by atoms with Gasteiger partial charge in [0.05, 0.1) is 13.7 Å². The average molecular weight is 242 g/mol. The molecule has 4 heteroatoms. The summed E-state index contributed by atoms with van der Waals surface area (Å²) >= 11 is 1.63. The number of methoxy groups -OCH3 is 1. The number of carbonyl (C=O) groups excluding carboxylic acids is 1. The van der Waals surface area contributed by atoms with E-state index in [1.54, 1.807) is 11.3 Å². The number of unbranched alkanes of at least 4 members (excludes halogenated alkanes) is 1. The Morgan fingerprint density at radius 2 is 2.38 bits per heavy atom. The van der Waals surface area contributed by atoms with E-state index in [9.17, 15) is 4.79 Å². The van der Waals surface area contributed by atoms with Crippen molar-refractivity contribution in [3.05, 3.63) is 22.4 Å². The Balaban J connectivity index is 2.40. The second kappa shape index (κ2) is 7.41. The van der Waals surface area contributed by atoms with Gasteiger partial charge in [0, 0.05) is 4.88 Å². The summed E-state index contributed by atoms with van der Waals surface area (Å²) in [5.74, 6) is -0.273. The van der Waals surface area contributed by atoms with Crippen LogP contribution in [0.3, 0.4) is 0 Å². The third-order valence-electron chi connectivity index (χ3n) is 2.29. The molecular formula is C12H18O3S. The fourth-order valence-electron chi connectivity index (χ4n) is 1.37. The molecule has 0 bridgehead atoms. The lowest BCUT2D eigenvalue weighted by Gasteiger charge is -2.14. The monoisotopic (exact) mass is 242 g/mol. The number of carbonyl (C=O) groups is 1. The van der Waals surface area contributed by atoms with Crippen LogP contribution in [0.4, 0.5) is 0 Å². The van der Waals surface area contributed by atoms with E-state index in [0.717, 1.165) is 24.1 Å². The Labute approximate surface area is 100 Å². The normalized spacial score (nSPS) is 12.4. The van der Waals surface area contributed by atoms with Crippen LogP contribution in [0.25, 0.3) is 0 Å². The van der Waals surface area contributed by atoms with Crippen LogP contribution in [0.2, 0.25) is 0 Å². The topological polar surface area (TPSA) is 35.5 Å². The van der Waals surface area contributed by atoms with Crippen molar-refractivity contribution in [3.8, 4) is 0 Å². The number of thiophene rings is 1. The third kappa shape index (κ3) is 4.33. The molecular weight excluding hydrogens is 224 g/mol. The third-order valence-corrected chi connectivity index (χ3v) is 3.14. The fourth-order valence-corrected chi connectivity index (χ4v) is 1.99. The summed E-state index contributed by atoms with van der Waals surface area (Å²) in [6.45, 7) is 2.58. The van der Waals surface area contributed by atoms with Gasteiger partial charge in [-0.2, -0.15) is 0 Å². The fraction of sp³-hybridized carbons (Fsp3) is 0.583. The van der Waals surface area contributed by atoms with Crippen LogP contribution < -0.4 is 0 Å². The van der Waals surface area contributed by atoms with Gasteiger partial charge in [0.1, 0.15) is 0 Å². The second-order valence-corrected chi connectivity index (χ2v) is 4.58. The molecule has 3 nitrogen and oxygen atoms in total. The number of hydrogen-bond acceptors (Lipinski definition) is 4. The maximum absolute atomic E-state index is 11.4. The summed E-state index contributed by atoms with van der Waals surface area (Å²) in [5, 5.41) is 2.00. The first-order chi connectivity index (χ1) is 7.77. The highest BCUT2D eigenvalue weighted by Crippen LogP contribution is 2.14. The molecule has 0 aromatic carbocycles. The van der Waals surface area contributed by atoms with E-state index in [4.69, 9.17) is 9.47 Å². The molecule has 1 atom stereocenters. The smallest absolute Gasteiger partial charge is 0.334 e. The Kier molecular flexibility index (Phi) is 6.11. The van der Waals surface area contributed by atoms with Crippen LogP contribution >= 0.6 is 11.3 Å². The van der Waals surface area contributed by atoms with E-state index >= 15 is 0 Å². The zero-order valence-corrected chi connectivity index (χ0v) is 10.6. The predicted octanol–water partition coefficient (Wildman–Crippen LogP) is 3.00. The quantitative estimate of drug-likeness (QED) is 0.689. The van der Waals surface area contributed by atoms with Gasteiger partial charge in [-0.05, 0) is 17.9 Å². The Morgan fingerprint density at radius 3 is 2.94 bits per heavy atom. The lowest BCUT2D eigenvalue weighted by Crippen LogP contribution is -2.25. The molecule has 0 amide bonds. The number of rotatable bonds is 7. The van der Waals surface area contributed by atoms with Gasteiger partial charge in [0.15, 0.2) is 6.10 Å². The van der Waals surface area contributed by atoms with Gasteiger partial charge < -0.3 is 9.47 Å². The Hall–Kier alpha value is -0.870. The van der Waals surface area contributed by atoms with Gasteiger partial charge in [0.2, 0.25) is 0 Å². The number of hydrogen-bond donors (Lipinski definition) is 0. The first kappa shape index (κ1) is 13.2. The molecule has 1 rings (SSSR count). The Morgan fingerprint density at radius 1 is 1.56 bits per heavy atom. The summed E-state index contributed by atoms with van der Waals surface area (Å²) in [6.07, 6.45) is 2.33. The van der Waals surface area contributed by atoms with Crippen LogP contribution in [-0.4, -0.2) is 19.2 Å². The molecule has 0 fully saturated rings. The molecule has 0 radical (unpaired) electrons. The molecule has 0 N–H and O–H groups in total. The van der Waals surface area contributed by atoms with Gasteiger partial charge in [-0.3, -0.25) is 0 Å². The summed E-state index contributed by atoms with van der Waals surface area (Å²) in [7, 11) is 1.40. The summed E-state index contributed by atoms with van der Waals surface area (Å²) < 4.78 is 10.3. The lowest BCUT2D eigenvalue weighted by molar-refractivity contribution is -0.155. The van der Waals surface area contributed by atoms with E-state index in [0.29, 0.717) is 6.61 Å². The van der Waals surface area contributed by atoms with Crippen molar-refractivity contribution >= 4 is 17.3 Å². The Bertz CT molecular complexity index is 295. The molecule has 1 unspecified atom stereocenters. The van der Waals surface area contributed by atoms with Gasteiger partial charge in [-0.25, -0.2) is 4.79 Å². The van der Waals surface area contributed by atoms with Crippen molar-refractivity contribution < 1.29 is 14.3 Å². The minimum atomic E-state index is -0.424. The largest absolute Gasteiger partial charge is 0.467 e. The first-order valence-electron chi connectivity index (χ1n) is 5.49. The molecule has 1 aromatic heterocycles. The molecule has 0 aliphatic carbocycles. The van der Waals surface area contributed by atoms with E-state index in [1.165, 1.54) is 7.11 Å². The average Bonchev–Trinajstić information content (AvgIpc) is 2.81. The minimum absolute atomic E-state index is 0.273. The van der Waals surface area contributed by atoms with Gasteiger partial charge in [-0.1, -0.05) is 25.8 Å². The number of ether oxygens (including phenoxy) is 2. The summed E-state index contributed by atoms with van der Waals surface area (Å²) in [4.78, 5) is 12.6. The maximum Gasteiger partial charge on any atom is 0.334 e. The maximum atomic E-state index is 11.4. The minimum Gasteiger partial charge on any atom is -0.467 e. The molecule has 1 aromatic rings. The summed E-state index contributed by atoms with van der Waals surface area (Å²) in [5.41, 5.74) is 0. The van der Waals surface area contributed by atoms with Crippen molar-refractivity contribution in [2.45, 2.75) is 38.9 Å². The zero-order chi connectivity index (χ0) is 11.8. The van der Waals surface area contributed by atoms with Crippen molar-refractivity contribution in [1.82, 2.24) is 0 Å². The summed E-state index contributed by atoms with van der Waals surface area (Å²) in [6, 6.07) is 3.97. The van der Waals surface area contributed by atoms with E-state index in [-0.39, 0.29) is 5.97 Å². The van der Waals surface area contributed by atoms with Crippen molar-refractivity contribution in [3.63, 3.8) is 0 Å². The molecule has 16 heavy (non-hydrogen) atoms. The second-order valence-electron chi connectivity index (χ2n) is 3.54. The van der Waals surface area contributed by atoms with Crippen LogP contribution in [0.15, 0.2) is 17.5 Å². The molecule has 0 saturated heterocycles. The zero-order valence-electron chi connectivity index (χ0n) is 9.77. The highest BCUT2D eigenvalue weighted by Gasteiger charge is 2.19. The van der Waals surface area contributed by atoms with E-state index < -0.39 is 6.10 Å². The van der Waals surface area contributed by atoms with Crippen molar-refractivity contribution in [1.29, 1.82) is 0 Å². The van der Waals surface area contributed by atoms with Gasteiger partial charge in [-0.15, -0.1) is 11.3 Å². The van der Waals surface area contributed by atoms with Gasteiger partial charge in [0.25, 0.3) is 0 Å². The SMILES string of the molecule is CCCCC(OCc1cccs1)C(=O)OC.